The van der Waals surface area contributed by atoms with Crippen molar-refractivity contribution in [3.63, 3.8) is 0 Å². The second-order valence-electron chi connectivity index (χ2n) is 7.38. The van der Waals surface area contributed by atoms with Crippen LogP contribution in [-0.4, -0.2) is 48.6 Å². The number of hydrogen-bond donors (Lipinski definition) is 1. The minimum atomic E-state index is -0.857. The predicted molar refractivity (Wildman–Crippen MR) is 101 cm³/mol. The third-order valence-electron chi connectivity index (χ3n) is 5.34. The van der Waals surface area contributed by atoms with Crippen molar-refractivity contribution in [3.05, 3.63) is 53.5 Å². The Morgan fingerprint density at radius 1 is 1.32 bits per heavy atom. The average molecular weight is 384 g/mol. The molecular formula is C21H24N2O5. The number of ether oxygens (including phenoxy) is 2. The van der Waals surface area contributed by atoms with Gasteiger partial charge < -0.3 is 19.2 Å². The maximum absolute atomic E-state index is 12.9. The highest BCUT2D eigenvalue weighted by Crippen LogP contribution is 2.34. The zero-order valence-electron chi connectivity index (χ0n) is 16.1. The number of aryl methyl sites for hydroxylation is 1. The van der Waals surface area contributed by atoms with Crippen LogP contribution in [0.15, 0.2) is 40.8 Å². The number of para-hydroxylation sites is 1. The van der Waals surface area contributed by atoms with E-state index in [9.17, 15) is 9.59 Å². The number of rotatable bonds is 4. The van der Waals surface area contributed by atoms with Crippen molar-refractivity contribution in [2.24, 2.45) is 5.92 Å². The van der Waals surface area contributed by atoms with Gasteiger partial charge in [0.1, 0.15) is 29.4 Å². The van der Waals surface area contributed by atoms with Gasteiger partial charge in [-0.2, -0.15) is 0 Å². The molecule has 0 aliphatic carbocycles. The van der Waals surface area contributed by atoms with Crippen LogP contribution in [0.4, 0.5) is 0 Å². The largest absolute Gasteiger partial charge is 0.490 e. The van der Waals surface area contributed by atoms with Crippen molar-refractivity contribution in [3.8, 4) is 5.75 Å². The van der Waals surface area contributed by atoms with Gasteiger partial charge in [0.25, 0.3) is 5.91 Å². The summed E-state index contributed by atoms with van der Waals surface area (Å²) in [6, 6.07) is 11.0. The van der Waals surface area contributed by atoms with E-state index in [1.54, 1.807) is 25.1 Å². The van der Waals surface area contributed by atoms with Gasteiger partial charge in [-0.05, 0) is 38.1 Å². The Bertz CT molecular complexity index is 892. The van der Waals surface area contributed by atoms with Gasteiger partial charge in [0.15, 0.2) is 0 Å². The van der Waals surface area contributed by atoms with Crippen LogP contribution in [0.2, 0.25) is 0 Å². The monoisotopic (exact) mass is 384 g/mol. The molecule has 3 heterocycles. The number of fused-ring (bicyclic) bond motifs is 1. The molecule has 1 aromatic carbocycles. The number of likely N-dealkylation sites (tertiary alicyclic amines) is 1. The summed E-state index contributed by atoms with van der Waals surface area (Å²) in [4.78, 5) is 27.7. The third kappa shape index (κ3) is 3.38. The highest BCUT2D eigenvalue weighted by molar-refractivity contribution is 5.98. The molecule has 4 rings (SSSR count). The molecule has 7 nitrogen and oxygen atoms in total. The van der Waals surface area contributed by atoms with Crippen LogP contribution in [0.1, 0.15) is 28.8 Å². The first-order valence-electron chi connectivity index (χ1n) is 9.49. The summed E-state index contributed by atoms with van der Waals surface area (Å²) in [5, 5.41) is 3.08. The highest BCUT2D eigenvalue weighted by Gasteiger charge is 2.54. The summed E-state index contributed by atoms with van der Waals surface area (Å²) in [5.41, 5.74) is -0.383. The molecule has 2 aromatic rings. The molecule has 0 bridgehead atoms. The lowest BCUT2D eigenvalue weighted by atomic mass is 9.87. The van der Waals surface area contributed by atoms with E-state index in [1.807, 2.05) is 25.1 Å². The summed E-state index contributed by atoms with van der Waals surface area (Å²) in [6.07, 6.45) is 0. The number of hydrogen-bond acceptors (Lipinski definition) is 6. The van der Waals surface area contributed by atoms with E-state index in [4.69, 9.17) is 13.9 Å². The van der Waals surface area contributed by atoms with Gasteiger partial charge in [-0.1, -0.05) is 12.1 Å². The lowest BCUT2D eigenvalue weighted by Gasteiger charge is -2.32. The Kier molecular flexibility index (Phi) is 4.85. The van der Waals surface area contributed by atoms with Crippen molar-refractivity contribution in [1.82, 2.24) is 10.2 Å². The molecule has 28 heavy (non-hydrogen) atoms. The van der Waals surface area contributed by atoms with Crippen molar-refractivity contribution in [1.29, 1.82) is 0 Å². The molecule has 1 fully saturated rings. The molecule has 0 radical (unpaired) electrons. The van der Waals surface area contributed by atoms with E-state index < -0.39 is 11.5 Å². The molecule has 1 spiro atoms. The molecule has 0 saturated carbocycles. The van der Waals surface area contributed by atoms with Crippen molar-refractivity contribution < 1.29 is 23.5 Å². The number of carbonyl (C=O) groups is 2. The zero-order chi connectivity index (χ0) is 19.7. The molecule has 1 saturated heterocycles. The first-order valence-corrected chi connectivity index (χ1v) is 9.49. The van der Waals surface area contributed by atoms with Crippen molar-refractivity contribution in [2.45, 2.75) is 25.9 Å². The Balaban J connectivity index is 1.62. The van der Waals surface area contributed by atoms with E-state index >= 15 is 0 Å². The Labute approximate surface area is 163 Å². The molecular weight excluding hydrogens is 360 g/mol. The lowest BCUT2D eigenvalue weighted by molar-refractivity contribution is -0.150. The summed E-state index contributed by atoms with van der Waals surface area (Å²) >= 11 is 0. The topological polar surface area (TPSA) is 81.0 Å². The number of nitrogens with one attached hydrogen (secondary N) is 1. The van der Waals surface area contributed by atoms with E-state index in [1.165, 1.54) is 0 Å². The number of benzene rings is 1. The van der Waals surface area contributed by atoms with Gasteiger partial charge in [-0.15, -0.1) is 0 Å². The molecule has 7 heteroatoms. The normalized spacial score (nSPS) is 24.4. The van der Waals surface area contributed by atoms with Crippen molar-refractivity contribution >= 4 is 11.9 Å². The third-order valence-corrected chi connectivity index (χ3v) is 5.34. The SMILES string of the molecule is CCOC(=O)[C@@H]1CN(Cc2ccc(C)o2)C[C@]12COc1ccccc1C(=O)N2. The second kappa shape index (κ2) is 7.31. The molecule has 1 amide bonds. The van der Waals surface area contributed by atoms with Crippen LogP contribution in [0.3, 0.4) is 0 Å². The number of nitrogens with zero attached hydrogens (tertiary/aromatic N) is 1. The fourth-order valence-corrected chi connectivity index (χ4v) is 4.05. The van der Waals surface area contributed by atoms with Gasteiger partial charge >= 0.3 is 5.97 Å². The molecule has 2 aliphatic rings. The Morgan fingerprint density at radius 2 is 2.14 bits per heavy atom. The quantitative estimate of drug-likeness (QED) is 0.814. The Morgan fingerprint density at radius 3 is 2.89 bits per heavy atom. The molecule has 1 aromatic heterocycles. The molecule has 2 aliphatic heterocycles. The maximum atomic E-state index is 12.9. The lowest BCUT2D eigenvalue weighted by Crippen LogP contribution is -2.59. The summed E-state index contributed by atoms with van der Waals surface area (Å²) in [5.74, 6) is 1.10. The number of furan rings is 1. The fourth-order valence-electron chi connectivity index (χ4n) is 4.05. The van der Waals surface area contributed by atoms with Crippen molar-refractivity contribution in [2.75, 3.05) is 26.3 Å². The van der Waals surface area contributed by atoms with Gasteiger partial charge in [-0.3, -0.25) is 14.5 Å². The fraction of sp³-hybridized carbons (Fsp3) is 0.429. The second-order valence-corrected chi connectivity index (χ2v) is 7.38. The highest BCUT2D eigenvalue weighted by atomic mass is 16.5. The van der Waals surface area contributed by atoms with Gasteiger partial charge in [0.2, 0.25) is 0 Å². The standard InChI is InChI=1S/C21H24N2O5/c1-3-26-20(25)17-11-23(10-15-9-8-14(2)28-15)12-21(17)13-27-18-7-5-4-6-16(18)19(24)22-21/h4-9,17H,3,10-13H2,1-2H3,(H,22,24)/t17-,21-/m0/s1. The van der Waals surface area contributed by atoms with Crippen LogP contribution in [0.5, 0.6) is 5.75 Å². The van der Waals surface area contributed by atoms with E-state index in [-0.39, 0.29) is 25.1 Å². The van der Waals surface area contributed by atoms with E-state index in [0.717, 1.165) is 11.5 Å². The van der Waals surface area contributed by atoms with E-state index in [2.05, 4.69) is 10.2 Å². The molecule has 1 N–H and O–H groups in total. The summed E-state index contributed by atoms with van der Waals surface area (Å²) in [6.45, 7) is 5.64. The predicted octanol–water partition coefficient (Wildman–Crippen LogP) is 2.14. The first-order chi connectivity index (χ1) is 13.5. The van der Waals surface area contributed by atoms with E-state index in [0.29, 0.717) is 30.9 Å². The number of carbonyl (C=O) groups excluding carboxylic acids is 2. The van der Waals surface area contributed by atoms with Gasteiger partial charge in [0, 0.05) is 13.1 Å². The molecule has 2 atom stereocenters. The average Bonchev–Trinajstić information content (AvgIpc) is 3.20. The molecule has 0 unspecified atom stereocenters. The van der Waals surface area contributed by atoms with Crippen LogP contribution in [-0.2, 0) is 16.1 Å². The summed E-state index contributed by atoms with van der Waals surface area (Å²) < 4.78 is 17.0. The number of amides is 1. The van der Waals surface area contributed by atoms with Crippen LogP contribution < -0.4 is 10.1 Å². The van der Waals surface area contributed by atoms with Crippen LogP contribution in [0.25, 0.3) is 0 Å². The number of esters is 1. The van der Waals surface area contributed by atoms with Gasteiger partial charge in [-0.25, -0.2) is 0 Å². The Hall–Kier alpha value is -2.80. The van der Waals surface area contributed by atoms with Crippen LogP contribution in [0, 0.1) is 12.8 Å². The minimum absolute atomic E-state index is 0.201. The van der Waals surface area contributed by atoms with Gasteiger partial charge in [0.05, 0.1) is 24.6 Å². The maximum Gasteiger partial charge on any atom is 0.312 e. The minimum Gasteiger partial charge on any atom is -0.490 e. The first kappa shape index (κ1) is 18.6. The van der Waals surface area contributed by atoms with Crippen LogP contribution >= 0.6 is 0 Å². The zero-order valence-corrected chi connectivity index (χ0v) is 16.1. The smallest absolute Gasteiger partial charge is 0.312 e. The summed E-state index contributed by atoms with van der Waals surface area (Å²) in [7, 11) is 0. The molecule has 148 valence electrons.